The SMILES string of the molecule is CCCNCc1cc(CN2CCC(CC)CC2)oc1C. The maximum absolute atomic E-state index is 5.92. The van der Waals surface area contributed by atoms with Gasteiger partial charge in [-0.1, -0.05) is 20.3 Å². The fourth-order valence-electron chi connectivity index (χ4n) is 3.01. The zero-order valence-corrected chi connectivity index (χ0v) is 13.4. The topological polar surface area (TPSA) is 28.4 Å². The van der Waals surface area contributed by atoms with Crippen molar-refractivity contribution < 1.29 is 4.42 Å². The van der Waals surface area contributed by atoms with Crippen molar-refractivity contribution in [2.75, 3.05) is 19.6 Å². The van der Waals surface area contributed by atoms with Gasteiger partial charge in [-0.15, -0.1) is 0 Å². The van der Waals surface area contributed by atoms with Crippen LogP contribution in [0.25, 0.3) is 0 Å². The van der Waals surface area contributed by atoms with Gasteiger partial charge in [-0.2, -0.15) is 0 Å². The van der Waals surface area contributed by atoms with Gasteiger partial charge < -0.3 is 9.73 Å². The Morgan fingerprint density at radius 1 is 1.30 bits per heavy atom. The Hall–Kier alpha value is -0.800. The molecule has 114 valence electrons. The summed E-state index contributed by atoms with van der Waals surface area (Å²) in [7, 11) is 0. The molecule has 1 aromatic heterocycles. The molecule has 0 aliphatic carbocycles. The minimum atomic E-state index is 0.932. The van der Waals surface area contributed by atoms with Gasteiger partial charge in [0.2, 0.25) is 0 Å². The van der Waals surface area contributed by atoms with E-state index in [1.165, 1.54) is 44.3 Å². The number of furan rings is 1. The van der Waals surface area contributed by atoms with Crippen molar-refractivity contribution >= 4 is 0 Å². The minimum Gasteiger partial charge on any atom is -0.465 e. The summed E-state index contributed by atoms with van der Waals surface area (Å²) in [6.07, 6.45) is 5.21. The summed E-state index contributed by atoms with van der Waals surface area (Å²) in [5, 5.41) is 3.45. The van der Waals surface area contributed by atoms with Crippen molar-refractivity contribution in [1.82, 2.24) is 10.2 Å². The summed E-state index contributed by atoms with van der Waals surface area (Å²) in [6.45, 7) is 12.0. The Morgan fingerprint density at radius 3 is 2.70 bits per heavy atom. The molecule has 2 rings (SSSR count). The third kappa shape index (κ3) is 4.35. The quantitative estimate of drug-likeness (QED) is 0.771. The Balaban J connectivity index is 1.82. The van der Waals surface area contributed by atoms with Crippen LogP contribution in [0.2, 0.25) is 0 Å². The minimum absolute atomic E-state index is 0.932. The first-order valence-corrected chi connectivity index (χ1v) is 8.24. The van der Waals surface area contributed by atoms with E-state index < -0.39 is 0 Å². The van der Waals surface area contributed by atoms with E-state index in [0.717, 1.165) is 37.1 Å². The van der Waals surface area contributed by atoms with E-state index in [4.69, 9.17) is 4.42 Å². The first kappa shape index (κ1) is 15.6. The summed E-state index contributed by atoms with van der Waals surface area (Å²) in [5.41, 5.74) is 1.32. The Labute approximate surface area is 123 Å². The highest BCUT2D eigenvalue weighted by Crippen LogP contribution is 2.23. The number of hydrogen-bond acceptors (Lipinski definition) is 3. The Bertz CT molecular complexity index is 392. The van der Waals surface area contributed by atoms with Crippen LogP contribution < -0.4 is 5.32 Å². The predicted molar refractivity (Wildman–Crippen MR) is 83.7 cm³/mol. The molecule has 0 radical (unpaired) electrons. The summed E-state index contributed by atoms with van der Waals surface area (Å²) in [6, 6.07) is 2.24. The van der Waals surface area contributed by atoms with Gasteiger partial charge in [-0.3, -0.25) is 4.90 Å². The number of nitrogens with zero attached hydrogens (tertiary/aromatic N) is 1. The zero-order valence-electron chi connectivity index (χ0n) is 13.4. The highest BCUT2D eigenvalue weighted by molar-refractivity contribution is 5.20. The van der Waals surface area contributed by atoms with Gasteiger partial charge in [0, 0.05) is 12.1 Å². The molecule has 0 bridgehead atoms. The third-order valence-corrected chi connectivity index (χ3v) is 4.48. The van der Waals surface area contributed by atoms with Gasteiger partial charge in [0.05, 0.1) is 6.54 Å². The second kappa shape index (κ2) is 7.84. The van der Waals surface area contributed by atoms with Gasteiger partial charge in [-0.25, -0.2) is 0 Å². The molecular formula is C17H30N2O. The maximum atomic E-state index is 5.92. The molecule has 0 saturated carbocycles. The fourth-order valence-corrected chi connectivity index (χ4v) is 3.01. The van der Waals surface area contributed by atoms with E-state index >= 15 is 0 Å². The largest absolute Gasteiger partial charge is 0.465 e. The molecule has 0 amide bonds. The molecule has 20 heavy (non-hydrogen) atoms. The molecule has 1 aliphatic rings. The van der Waals surface area contributed by atoms with Gasteiger partial charge in [0.1, 0.15) is 11.5 Å². The molecule has 2 heterocycles. The van der Waals surface area contributed by atoms with Gasteiger partial charge in [0.15, 0.2) is 0 Å². The second-order valence-electron chi connectivity index (χ2n) is 6.10. The molecule has 1 N–H and O–H groups in total. The van der Waals surface area contributed by atoms with Crippen molar-refractivity contribution in [3.05, 3.63) is 23.2 Å². The van der Waals surface area contributed by atoms with Crippen LogP contribution >= 0.6 is 0 Å². The molecule has 1 aliphatic heterocycles. The summed E-state index contributed by atoms with van der Waals surface area (Å²) in [5.74, 6) is 3.15. The highest BCUT2D eigenvalue weighted by atomic mass is 16.3. The summed E-state index contributed by atoms with van der Waals surface area (Å²) < 4.78 is 5.92. The fraction of sp³-hybridized carbons (Fsp3) is 0.765. The van der Waals surface area contributed by atoms with E-state index in [9.17, 15) is 0 Å². The average molecular weight is 278 g/mol. The second-order valence-corrected chi connectivity index (χ2v) is 6.10. The van der Waals surface area contributed by atoms with Crippen LogP contribution in [0.1, 0.15) is 56.6 Å². The number of piperidine rings is 1. The summed E-state index contributed by atoms with van der Waals surface area (Å²) >= 11 is 0. The van der Waals surface area contributed by atoms with Crippen LogP contribution in [0.3, 0.4) is 0 Å². The Morgan fingerprint density at radius 2 is 2.05 bits per heavy atom. The first-order valence-electron chi connectivity index (χ1n) is 8.24. The smallest absolute Gasteiger partial charge is 0.118 e. The molecule has 3 heteroatoms. The molecule has 1 saturated heterocycles. The van der Waals surface area contributed by atoms with Gasteiger partial charge >= 0.3 is 0 Å². The Kier molecular flexibility index (Phi) is 6.11. The molecule has 1 fully saturated rings. The standard InChI is InChI=1S/C17H30N2O/c1-4-8-18-12-16-11-17(20-14(16)3)13-19-9-6-15(5-2)7-10-19/h11,15,18H,4-10,12-13H2,1-3H3. The predicted octanol–water partition coefficient (Wildman–Crippen LogP) is 3.71. The van der Waals surface area contributed by atoms with Gasteiger partial charge in [0.25, 0.3) is 0 Å². The molecule has 0 unspecified atom stereocenters. The van der Waals surface area contributed by atoms with E-state index in [-0.39, 0.29) is 0 Å². The lowest BCUT2D eigenvalue weighted by Crippen LogP contribution is -2.32. The van der Waals surface area contributed by atoms with Crippen molar-refractivity contribution in [2.24, 2.45) is 5.92 Å². The molecule has 0 spiro atoms. The van der Waals surface area contributed by atoms with E-state index in [1.54, 1.807) is 0 Å². The van der Waals surface area contributed by atoms with Crippen LogP contribution in [-0.4, -0.2) is 24.5 Å². The normalized spacial score (nSPS) is 17.8. The lowest BCUT2D eigenvalue weighted by atomic mass is 9.94. The number of rotatable bonds is 7. The zero-order chi connectivity index (χ0) is 14.4. The van der Waals surface area contributed by atoms with Crippen LogP contribution in [0.5, 0.6) is 0 Å². The van der Waals surface area contributed by atoms with Crippen LogP contribution in [0.4, 0.5) is 0 Å². The number of likely N-dealkylation sites (tertiary alicyclic amines) is 1. The van der Waals surface area contributed by atoms with Crippen molar-refractivity contribution in [3.8, 4) is 0 Å². The monoisotopic (exact) mass is 278 g/mol. The number of nitrogens with one attached hydrogen (secondary N) is 1. The first-order chi connectivity index (χ1) is 9.72. The number of aryl methyl sites for hydroxylation is 1. The molecule has 3 nitrogen and oxygen atoms in total. The molecule has 0 aromatic carbocycles. The van der Waals surface area contributed by atoms with Crippen molar-refractivity contribution in [3.63, 3.8) is 0 Å². The highest BCUT2D eigenvalue weighted by Gasteiger charge is 2.19. The summed E-state index contributed by atoms with van der Waals surface area (Å²) in [4.78, 5) is 2.54. The third-order valence-electron chi connectivity index (χ3n) is 4.48. The molecular weight excluding hydrogens is 248 g/mol. The maximum Gasteiger partial charge on any atom is 0.118 e. The average Bonchev–Trinajstić information content (AvgIpc) is 2.80. The van der Waals surface area contributed by atoms with Crippen molar-refractivity contribution in [1.29, 1.82) is 0 Å². The van der Waals surface area contributed by atoms with Crippen LogP contribution in [0, 0.1) is 12.8 Å². The lowest BCUT2D eigenvalue weighted by Gasteiger charge is -2.30. The van der Waals surface area contributed by atoms with E-state index in [2.05, 4.69) is 37.1 Å². The molecule has 1 aromatic rings. The lowest BCUT2D eigenvalue weighted by molar-refractivity contribution is 0.164. The van der Waals surface area contributed by atoms with E-state index in [0.29, 0.717) is 0 Å². The number of hydrogen-bond donors (Lipinski definition) is 1. The van der Waals surface area contributed by atoms with Gasteiger partial charge in [-0.05, 0) is 57.8 Å². The van der Waals surface area contributed by atoms with Crippen molar-refractivity contribution in [2.45, 2.75) is 59.5 Å². The molecule has 0 atom stereocenters. The van der Waals surface area contributed by atoms with Crippen LogP contribution in [-0.2, 0) is 13.1 Å². The van der Waals surface area contributed by atoms with E-state index in [1.807, 2.05) is 0 Å². The van der Waals surface area contributed by atoms with Crippen LogP contribution in [0.15, 0.2) is 10.5 Å².